The summed E-state index contributed by atoms with van der Waals surface area (Å²) in [6.45, 7) is 0. The Kier molecular flexibility index (Phi) is 1.87. The zero-order valence-electron chi connectivity index (χ0n) is 3.13. The Bertz CT molecular complexity index is 40.5. The van der Waals surface area contributed by atoms with Crippen LogP contribution in [-0.4, -0.2) is 16.9 Å². The second kappa shape index (κ2) is 1.80. The molecule has 0 aromatic rings. The van der Waals surface area contributed by atoms with Crippen molar-refractivity contribution in [2.45, 2.75) is 0 Å². The molecule has 0 aromatic carbocycles. The monoisotopic (exact) mass is 115 g/mol. The average molecular weight is 115 g/mol. The molecule has 0 spiro atoms. The molecule has 0 saturated carbocycles. The lowest BCUT2D eigenvalue weighted by Crippen LogP contribution is -1.80. The van der Waals surface area contributed by atoms with Gasteiger partial charge in [0.25, 0.3) is 0 Å². The van der Waals surface area contributed by atoms with Crippen LogP contribution in [0.1, 0.15) is 0 Å². The van der Waals surface area contributed by atoms with Crippen LogP contribution in [0.2, 0.25) is 0 Å². The van der Waals surface area contributed by atoms with Crippen molar-refractivity contribution in [1.29, 1.82) is 0 Å². The van der Waals surface area contributed by atoms with Crippen molar-refractivity contribution < 1.29 is 18.5 Å². The molecule has 0 fully saturated rings. The summed E-state index contributed by atoms with van der Waals surface area (Å²) in [5.74, 6) is 0. The van der Waals surface area contributed by atoms with Gasteiger partial charge in [0.2, 0.25) is 0 Å². The van der Waals surface area contributed by atoms with Crippen LogP contribution < -0.4 is 0 Å². The maximum Gasteiger partial charge on any atom is 0.617 e. The fraction of sp³-hybridized carbons (Fsp3) is 1.00. The molecule has 3 nitrogen and oxygen atoms in total. The van der Waals surface area contributed by atoms with Gasteiger partial charge >= 0.3 is 8.25 Å². The second-order valence-corrected chi connectivity index (χ2v) is 1.97. The number of rotatable bonds is 1. The van der Waals surface area contributed by atoms with Crippen LogP contribution in [0.4, 0.5) is 4.20 Å². The minimum Gasteiger partial charge on any atom is -0.164 e. The van der Waals surface area contributed by atoms with Gasteiger partial charge < -0.3 is 0 Å². The highest BCUT2D eigenvalue weighted by atomic mass is 31.3. The third-order valence-corrected chi connectivity index (χ3v) is 0.697. The predicted molar refractivity (Wildman–Crippen MR) is 19.5 cm³/mol. The van der Waals surface area contributed by atoms with Crippen molar-refractivity contribution in [3.8, 4) is 0 Å². The van der Waals surface area contributed by atoms with E-state index in [-0.39, 0.29) is 0 Å². The number of halogens is 1. The molecule has 0 aromatic heterocycles. The largest absolute Gasteiger partial charge is 0.617 e. The first-order chi connectivity index (χ1) is 2.56. The highest BCUT2D eigenvalue weighted by Gasteiger charge is 2.34. The summed E-state index contributed by atoms with van der Waals surface area (Å²) in [6, 6.07) is 0. The molecule has 0 aliphatic rings. The quantitative estimate of drug-likeness (QED) is 0.482. The molecular formula is CH5FO3P+. The Labute approximate surface area is 35.1 Å². The van der Waals surface area contributed by atoms with Gasteiger partial charge in [-0.2, -0.15) is 14.3 Å². The van der Waals surface area contributed by atoms with Crippen LogP contribution in [0.5, 0.6) is 0 Å². The lowest BCUT2D eigenvalue weighted by molar-refractivity contribution is 0.232. The fourth-order valence-corrected chi connectivity index (χ4v) is 0. The first-order valence-corrected chi connectivity index (χ1v) is 2.66. The summed E-state index contributed by atoms with van der Waals surface area (Å²) >= 11 is 0. The van der Waals surface area contributed by atoms with Crippen LogP contribution in [-0.2, 0) is 4.52 Å². The number of hydrogen-bond acceptors (Lipinski definition) is 3. The van der Waals surface area contributed by atoms with Crippen LogP contribution in [0, 0.1) is 0 Å². The molecule has 0 unspecified atom stereocenters. The van der Waals surface area contributed by atoms with E-state index in [1.807, 2.05) is 0 Å². The van der Waals surface area contributed by atoms with Crippen LogP contribution in [0.15, 0.2) is 0 Å². The molecule has 38 valence electrons. The first kappa shape index (κ1) is 6.24. The first-order valence-electron chi connectivity index (χ1n) is 1.16. The van der Waals surface area contributed by atoms with Gasteiger partial charge in [-0.3, -0.25) is 0 Å². The van der Waals surface area contributed by atoms with E-state index in [4.69, 9.17) is 9.79 Å². The average Bonchev–Trinajstić information content (AvgIpc) is 1.35. The number of hydrogen-bond donors (Lipinski definition) is 2. The van der Waals surface area contributed by atoms with Gasteiger partial charge in [-0.15, -0.1) is 0 Å². The van der Waals surface area contributed by atoms with Crippen molar-refractivity contribution in [2.24, 2.45) is 0 Å². The van der Waals surface area contributed by atoms with Gasteiger partial charge in [0.15, 0.2) is 0 Å². The Hall–Kier alpha value is 0.240. The van der Waals surface area contributed by atoms with Crippen molar-refractivity contribution in [3.63, 3.8) is 0 Å². The highest BCUT2D eigenvalue weighted by molar-refractivity contribution is 7.53. The maximum absolute atomic E-state index is 11.1. The van der Waals surface area contributed by atoms with E-state index in [2.05, 4.69) is 4.52 Å². The van der Waals surface area contributed by atoms with Gasteiger partial charge in [0.1, 0.15) is 0 Å². The summed E-state index contributed by atoms with van der Waals surface area (Å²) in [6.07, 6.45) is 0. The zero-order chi connectivity index (χ0) is 5.21. The Morgan fingerprint density at radius 1 is 1.67 bits per heavy atom. The molecule has 0 heterocycles. The maximum atomic E-state index is 11.1. The molecule has 0 radical (unpaired) electrons. The highest BCUT2D eigenvalue weighted by Crippen LogP contribution is 2.51. The van der Waals surface area contributed by atoms with Crippen LogP contribution in [0.25, 0.3) is 0 Å². The predicted octanol–water partition coefficient (Wildman–Crippen LogP) is 0.265. The summed E-state index contributed by atoms with van der Waals surface area (Å²) in [4.78, 5) is 15.2. The van der Waals surface area contributed by atoms with Crippen LogP contribution >= 0.6 is 8.25 Å². The van der Waals surface area contributed by atoms with Crippen LogP contribution in [0.3, 0.4) is 0 Å². The van der Waals surface area contributed by atoms with E-state index in [1.54, 1.807) is 0 Å². The summed E-state index contributed by atoms with van der Waals surface area (Å²) < 4.78 is 14.6. The molecule has 5 heteroatoms. The fourth-order valence-electron chi connectivity index (χ4n) is 0. The van der Waals surface area contributed by atoms with Gasteiger partial charge in [0, 0.05) is 4.20 Å². The lowest BCUT2D eigenvalue weighted by atomic mass is 11.8. The van der Waals surface area contributed by atoms with Gasteiger partial charge in [-0.05, 0) is 0 Å². The Balaban J connectivity index is 3.17. The third kappa shape index (κ3) is 4.24. The molecule has 0 atom stereocenters. The Morgan fingerprint density at radius 3 is 1.83 bits per heavy atom. The zero-order valence-corrected chi connectivity index (χ0v) is 4.02. The Morgan fingerprint density at radius 2 is 1.83 bits per heavy atom. The molecule has 0 saturated heterocycles. The SMILES string of the molecule is CO[P+](O)(O)F. The van der Waals surface area contributed by atoms with E-state index in [0.717, 1.165) is 7.11 Å². The van der Waals surface area contributed by atoms with Crippen molar-refractivity contribution in [1.82, 2.24) is 0 Å². The molecule has 0 rings (SSSR count). The summed E-state index contributed by atoms with van der Waals surface area (Å²) in [7, 11) is -3.51. The smallest absolute Gasteiger partial charge is 0.164 e. The van der Waals surface area contributed by atoms with Gasteiger partial charge in [0.05, 0.1) is 7.11 Å². The minimum atomic E-state index is -4.40. The molecule has 6 heavy (non-hydrogen) atoms. The topological polar surface area (TPSA) is 49.7 Å². The molecule has 2 N–H and O–H groups in total. The molecule has 0 aliphatic carbocycles. The van der Waals surface area contributed by atoms with E-state index in [9.17, 15) is 4.20 Å². The third-order valence-electron chi connectivity index (χ3n) is 0.232. The van der Waals surface area contributed by atoms with Crippen molar-refractivity contribution in [2.75, 3.05) is 7.11 Å². The van der Waals surface area contributed by atoms with Gasteiger partial charge in [-0.25, -0.2) is 0 Å². The van der Waals surface area contributed by atoms with Crippen molar-refractivity contribution >= 4 is 8.25 Å². The summed E-state index contributed by atoms with van der Waals surface area (Å²) in [5, 5.41) is 0. The molecule has 0 aliphatic heterocycles. The van der Waals surface area contributed by atoms with E-state index in [0.29, 0.717) is 0 Å². The second-order valence-electron chi connectivity index (χ2n) is 0.656. The molecule has 0 amide bonds. The normalized spacial score (nSPS) is 12.0. The lowest BCUT2D eigenvalue weighted by Gasteiger charge is -1.88. The van der Waals surface area contributed by atoms with Gasteiger partial charge in [-0.1, -0.05) is 0 Å². The molecular weight excluding hydrogens is 110 g/mol. The molecule has 0 bridgehead atoms. The summed E-state index contributed by atoms with van der Waals surface area (Å²) in [5.41, 5.74) is 0. The van der Waals surface area contributed by atoms with E-state index < -0.39 is 8.25 Å². The standard InChI is InChI=1S/CH5FO3P/c1-5-6(2,3)4/h3-4H,1H3/q+1. The van der Waals surface area contributed by atoms with E-state index >= 15 is 0 Å². The minimum absolute atomic E-state index is 0.883. The van der Waals surface area contributed by atoms with Crippen molar-refractivity contribution in [3.05, 3.63) is 0 Å². The van der Waals surface area contributed by atoms with E-state index in [1.165, 1.54) is 0 Å².